The Morgan fingerprint density at radius 1 is 0.720 bits per heavy atom. The van der Waals surface area contributed by atoms with Gasteiger partial charge in [-0.15, -0.1) is 0 Å². The standard InChI is InChI=1S/C24H28Si/c1-24(2,20-14-17-10-6-7-11-18(17)15-20)22-16-19-12-8-9-13-21(19)23(22)25(3,4)5/h6-16,20,22H,1-5H3. The predicted octanol–water partition coefficient (Wildman–Crippen LogP) is 3.04. The molecule has 0 bridgehead atoms. The Bertz CT molecular complexity index is 1030. The maximum Gasteiger partial charge on any atom is 0.0740 e. The zero-order valence-electron chi connectivity index (χ0n) is 16.0. The molecule has 0 saturated carbocycles. The molecular weight excluding hydrogens is 316 g/mol. The van der Waals surface area contributed by atoms with E-state index < -0.39 is 8.07 Å². The third kappa shape index (κ3) is 2.66. The molecule has 0 heterocycles. The second-order valence-electron chi connectivity index (χ2n) is 9.20. The monoisotopic (exact) mass is 344 g/mol. The molecule has 2 aromatic rings. The minimum atomic E-state index is -1.42. The van der Waals surface area contributed by atoms with Crippen LogP contribution >= 0.6 is 0 Å². The Morgan fingerprint density at radius 3 is 1.80 bits per heavy atom. The van der Waals surface area contributed by atoms with Crippen molar-refractivity contribution in [1.29, 1.82) is 0 Å². The molecule has 0 spiro atoms. The van der Waals surface area contributed by atoms with Gasteiger partial charge in [-0.3, -0.25) is 0 Å². The van der Waals surface area contributed by atoms with Gasteiger partial charge in [-0.2, -0.15) is 0 Å². The molecule has 0 N–H and O–H groups in total. The van der Waals surface area contributed by atoms with E-state index in [0.29, 0.717) is 11.8 Å². The van der Waals surface area contributed by atoms with Gasteiger partial charge >= 0.3 is 0 Å². The number of hydrogen-bond acceptors (Lipinski definition) is 0. The summed E-state index contributed by atoms with van der Waals surface area (Å²) < 4.78 is 0. The summed E-state index contributed by atoms with van der Waals surface area (Å²) in [5, 5.41) is 7.46. The lowest BCUT2D eigenvalue weighted by atomic mass is 9.70. The van der Waals surface area contributed by atoms with Crippen molar-refractivity contribution in [2.75, 3.05) is 0 Å². The molecule has 0 saturated heterocycles. The minimum absolute atomic E-state index is 0.174. The molecule has 0 aromatic heterocycles. The summed E-state index contributed by atoms with van der Waals surface area (Å²) in [4.78, 5) is 0. The molecule has 4 rings (SSSR count). The van der Waals surface area contributed by atoms with Crippen molar-refractivity contribution < 1.29 is 0 Å². The molecule has 0 fully saturated rings. The fraction of sp³-hybridized carbons (Fsp3) is 0.333. The van der Waals surface area contributed by atoms with Gasteiger partial charge in [0.25, 0.3) is 0 Å². The predicted molar refractivity (Wildman–Crippen MR) is 112 cm³/mol. The van der Waals surface area contributed by atoms with Crippen LogP contribution in [0.25, 0.3) is 23.4 Å². The van der Waals surface area contributed by atoms with E-state index in [0.717, 1.165) is 0 Å². The molecule has 1 atom stereocenters. The maximum atomic E-state index is 2.55. The van der Waals surface area contributed by atoms with E-state index in [1.165, 1.54) is 20.9 Å². The highest BCUT2D eigenvalue weighted by atomic mass is 28.3. The van der Waals surface area contributed by atoms with Crippen LogP contribution < -0.4 is 20.9 Å². The van der Waals surface area contributed by atoms with Crippen molar-refractivity contribution in [1.82, 2.24) is 0 Å². The molecule has 0 nitrogen and oxygen atoms in total. The number of rotatable bonds is 3. The molecule has 1 heteroatoms. The summed E-state index contributed by atoms with van der Waals surface area (Å²) >= 11 is 0. The zero-order valence-corrected chi connectivity index (χ0v) is 17.0. The van der Waals surface area contributed by atoms with E-state index >= 15 is 0 Å². The SMILES string of the molecule is CC(C)(C1C=c2ccccc2=C1)C1C=c2ccccc2=C1[Si](C)(C)C. The Balaban J connectivity index is 1.87. The lowest BCUT2D eigenvalue weighted by molar-refractivity contribution is 0.293. The van der Waals surface area contributed by atoms with Gasteiger partial charge in [0.1, 0.15) is 0 Å². The topological polar surface area (TPSA) is 0 Å². The molecule has 2 aliphatic rings. The number of fused-ring (bicyclic) bond motifs is 2. The van der Waals surface area contributed by atoms with Gasteiger partial charge in [0, 0.05) is 11.8 Å². The van der Waals surface area contributed by atoms with Gasteiger partial charge in [-0.1, -0.05) is 105 Å². The van der Waals surface area contributed by atoms with Gasteiger partial charge in [0.2, 0.25) is 0 Å². The van der Waals surface area contributed by atoms with Crippen LogP contribution in [0.2, 0.25) is 19.6 Å². The molecule has 0 amide bonds. The highest BCUT2D eigenvalue weighted by Gasteiger charge is 2.42. The van der Waals surface area contributed by atoms with E-state index in [9.17, 15) is 0 Å². The molecule has 128 valence electrons. The average molecular weight is 345 g/mol. The van der Waals surface area contributed by atoms with Crippen LogP contribution in [0.5, 0.6) is 0 Å². The lowest BCUT2D eigenvalue weighted by Crippen LogP contribution is -2.39. The van der Waals surface area contributed by atoms with Crippen molar-refractivity contribution in [3.63, 3.8) is 0 Å². The molecule has 0 aliphatic heterocycles. The van der Waals surface area contributed by atoms with Gasteiger partial charge in [-0.05, 0) is 26.3 Å². The van der Waals surface area contributed by atoms with Crippen molar-refractivity contribution in [2.24, 2.45) is 17.3 Å². The van der Waals surface area contributed by atoms with Gasteiger partial charge in [0.05, 0.1) is 8.07 Å². The highest BCUT2D eigenvalue weighted by Crippen LogP contribution is 2.46. The Morgan fingerprint density at radius 2 is 1.24 bits per heavy atom. The molecule has 1 unspecified atom stereocenters. The lowest BCUT2D eigenvalue weighted by Gasteiger charge is -2.40. The number of benzene rings is 2. The molecular formula is C24H28Si. The van der Waals surface area contributed by atoms with Crippen molar-refractivity contribution >= 4 is 31.5 Å². The van der Waals surface area contributed by atoms with Crippen LogP contribution in [0.3, 0.4) is 0 Å². The highest BCUT2D eigenvalue weighted by molar-refractivity contribution is 6.92. The van der Waals surface area contributed by atoms with Gasteiger partial charge in [-0.25, -0.2) is 0 Å². The van der Waals surface area contributed by atoms with Gasteiger partial charge < -0.3 is 0 Å². The second kappa shape index (κ2) is 5.57. The summed E-state index contributed by atoms with van der Waals surface area (Å²) in [5.41, 5.74) is 0.174. The largest absolute Gasteiger partial charge is 0.0740 e. The van der Waals surface area contributed by atoms with E-state index in [-0.39, 0.29) is 5.41 Å². The van der Waals surface area contributed by atoms with E-state index in [1.807, 2.05) is 0 Å². The summed E-state index contributed by atoms with van der Waals surface area (Å²) in [7, 11) is -1.42. The Kier molecular flexibility index (Phi) is 3.70. The first-order chi connectivity index (χ1) is 11.8. The summed E-state index contributed by atoms with van der Waals surface area (Å²) in [6.45, 7) is 12.4. The molecule has 2 aliphatic carbocycles. The molecule has 0 radical (unpaired) electrons. The molecule has 2 aromatic carbocycles. The fourth-order valence-electron chi connectivity index (χ4n) is 4.66. The Hall–Kier alpha value is -1.86. The average Bonchev–Trinajstić information content (AvgIpc) is 3.16. The van der Waals surface area contributed by atoms with E-state index in [1.54, 1.807) is 5.20 Å². The first-order valence-electron chi connectivity index (χ1n) is 9.39. The third-order valence-electron chi connectivity index (χ3n) is 6.09. The van der Waals surface area contributed by atoms with Crippen LogP contribution in [-0.2, 0) is 0 Å². The minimum Gasteiger partial charge on any atom is -0.0693 e. The normalized spacial score (nSPS) is 19.7. The quantitative estimate of drug-likeness (QED) is 0.751. The second-order valence-corrected chi connectivity index (χ2v) is 14.2. The van der Waals surface area contributed by atoms with E-state index in [2.05, 4.69) is 100 Å². The third-order valence-corrected chi connectivity index (χ3v) is 8.29. The fourth-order valence-corrected chi connectivity index (χ4v) is 7.09. The zero-order chi connectivity index (χ0) is 17.8. The molecule has 25 heavy (non-hydrogen) atoms. The van der Waals surface area contributed by atoms with Crippen molar-refractivity contribution in [3.05, 3.63) is 69.4 Å². The van der Waals surface area contributed by atoms with Crippen LogP contribution in [0.15, 0.2) is 48.5 Å². The summed E-state index contributed by atoms with van der Waals surface area (Å²) in [5.74, 6) is 0.996. The van der Waals surface area contributed by atoms with Gasteiger partial charge in [0.15, 0.2) is 0 Å². The van der Waals surface area contributed by atoms with Crippen molar-refractivity contribution in [3.8, 4) is 0 Å². The maximum absolute atomic E-state index is 2.55. The van der Waals surface area contributed by atoms with Crippen LogP contribution in [0, 0.1) is 17.3 Å². The van der Waals surface area contributed by atoms with Crippen molar-refractivity contribution in [2.45, 2.75) is 33.5 Å². The summed E-state index contributed by atoms with van der Waals surface area (Å²) in [6.07, 6.45) is 7.51. The van der Waals surface area contributed by atoms with Crippen LogP contribution in [-0.4, -0.2) is 8.07 Å². The Labute approximate surface area is 151 Å². The van der Waals surface area contributed by atoms with E-state index in [4.69, 9.17) is 0 Å². The number of hydrogen-bond donors (Lipinski definition) is 0. The summed E-state index contributed by atoms with van der Waals surface area (Å²) in [6, 6.07) is 17.8. The first-order valence-corrected chi connectivity index (χ1v) is 12.9. The van der Waals surface area contributed by atoms with Crippen LogP contribution in [0.1, 0.15) is 13.8 Å². The first kappa shape index (κ1) is 16.6. The smallest absolute Gasteiger partial charge is 0.0693 e. The van der Waals surface area contributed by atoms with Crippen LogP contribution in [0.4, 0.5) is 0 Å².